The number of benzene rings is 1. The second-order valence-electron chi connectivity index (χ2n) is 8.63. The number of guanidine groups is 1. The first kappa shape index (κ1) is 25.2. The summed E-state index contributed by atoms with van der Waals surface area (Å²) in [5, 5.41) is 12.4. The minimum atomic E-state index is 0. The van der Waals surface area contributed by atoms with Crippen molar-refractivity contribution in [1.82, 2.24) is 25.4 Å². The lowest BCUT2D eigenvalue weighted by atomic mass is 9.79. The van der Waals surface area contributed by atoms with E-state index in [4.69, 9.17) is 21.3 Å². The van der Waals surface area contributed by atoms with Crippen molar-refractivity contribution in [1.29, 1.82) is 0 Å². The Morgan fingerprint density at radius 3 is 2.88 bits per heavy atom. The van der Waals surface area contributed by atoms with E-state index in [1.165, 1.54) is 18.4 Å². The molecule has 0 saturated heterocycles. The Morgan fingerprint density at radius 2 is 2.16 bits per heavy atom. The van der Waals surface area contributed by atoms with Crippen LogP contribution in [0.15, 0.2) is 29.3 Å². The fourth-order valence-electron chi connectivity index (χ4n) is 4.82. The highest BCUT2D eigenvalue weighted by Gasteiger charge is 2.36. The Labute approximate surface area is 212 Å². The van der Waals surface area contributed by atoms with Crippen molar-refractivity contribution in [2.24, 2.45) is 4.99 Å². The maximum absolute atomic E-state index is 6.31. The predicted molar refractivity (Wildman–Crippen MR) is 139 cm³/mol. The summed E-state index contributed by atoms with van der Waals surface area (Å²) in [5.41, 5.74) is 1.39. The molecule has 1 saturated carbocycles. The molecule has 0 bridgehead atoms. The second-order valence-corrected chi connectivity index (χ2v) is 9.07. The zero-order chi connectivity index (χ0) is 21.7. The number of ether oxygens (including phenoxy) is 1. The van der Waals surface area contributed by atoms with Gasteiger partial charge in [0.2, 0.25) is 0 Å². The molecule has 1 aliphatic heterocycles. The zero-order valence-corrected chi connectivity index (χ0v) is 22.0. The monoisotopic (exact) mass is 572 g/mol. The summed E-state index contributed by atoms with van der Waals surface area (Å²) < 4.78 is 7.18. The van der Waals surface area contributed by atoms with Crippen LogP contribution in [0, 0.1) is 0 Å². The number of aliphatic imine (C=N–C) groups is 1. The summed E-state index contributed by atoms with van der Waals surface area (Å²) in [4.78, 5) is 9.62. The van der Waals surface area contributed by atoms with Crippen molar-refractivity contribution < 1.29 is 4.74 Å². The van der Waals surface area contributed by atoms with Crippen LogP contribution in [-0.2, 0) is 29.7 Å². The highest BCUT2D eigenvalue weighted by Crippen LogP contribution is 2.42. The largest absolute Gasteiger partial charge is 0.377 e. The van der Waals surface area contributed by atoms with E-state index in [2.05, 4.69) is 45.8 Å². The van der Waals surface area contributed by atoms with Gasteiger partial charge in [-0.2, -0.15) is 5.10 Å². The first-order valence-corrected chi connectivity index (χ1v) is 11.7. The van der Waals surface area contributed by atoms with Crippen LogP contribution >= 0.6 is 35.6 Å². The van der Waals surface area contributed by atoms with Crippen LogP contribution in [0.4, 0.5) is 0 Å². The van der Waals surface area contributed by atoms with Gasteiger partial charge in [0.1, 0.15) is 12.4 Å². The van der Waals surface area contributed by atoms with Crippen LogP contribution in [0.1, 0.15) is 56.2 Å². The number of hydrogen-bond acceptors (Lipinski definition) is 4. The summed E-state index contributed by atoms with van der Waals surface area (Å²) in [6, 6.07) is 8.60. The van der Waals surface area contributed by atoms with Crippen molar-refractivity contribution in [2.75, 3.05) is 20.2 Å². The van der Waals surface area contributed by atoms with Gasteiger partial charge in [-0.3, -0.25) is 4.99 Å². The second kappa shape index (κ2) is 11.7. The van der Waals surface area contributed by atoms with Crippen LogP contribution in [-0.4, -0.2) is 47.0 Å². The van der Waals surface area contributed by atoms with E-state index in [9.17, 15) is 0 Å². The van der Waals surface area contributed by atoms with E-state index in [0.29, 0.717) is 6.61 Å². The number of methoxy groups -OCH3 is 1. The van der Waals surface area contributed by atoms with Gasteiger partial charge in [-0.1, -0.05) is 36.6 Å². The molecule has 2 N–H and O–H groups in total. The smallest absolute Gasteiger partial charge is 0.191 e. The van der Waals surface area contributed by atoms with Gasteiger partial charge in [-0.15, -0.1) is 24.0 Å². The van der Waals surface area contributed by atoms with Crippen LogP contribution in [0.3, 0.4) is 0 Å². The van der Waals surface area contributed by atoms with Crippen LogP contribution in [0.25, 0.3) is 0 Å². The van der Waals surface area contributed by atoms with E-state index in [1.807, 2.05) is 10.7 Å². The molecule has 1 fully saturated rings. The summed E-state index contributed by atoms with van der Waals surface area (Å²) in [5.74, 6) is 2.67. The van der Waals surface area contributed by atoms with Crippen molar-refractivity contribution in [2.45, 2.75) is 70.1 Å². The molecule has 32 heavy (non-hydrogen) atoms. The van der Waals surface area contributed by atoms with Crippen molar-refractivity contribution in [3.05, 3.63) is 46.5 Å². The number of nitrogens with one attached hydrogen (secondary N) is 2. The quantitative estimate of drug-likeness (QED) is 0.297. The summed E-state index contributed by atoms with van der Waals surface area (Å²) in [6.45, 7) is 4.94. The van der Waals surface area contributed by atoms with Gasteiger partial charge >= 0.3 is 0 Å². The van der Waals surface area contributed by atoms with Gasteiger partial charge in [0.15, 0.2) is 11.8 Å². The Kier molecular flexibility index (Phi) is 9.19. The van der Waals surface area contributed by atoms with E-state index in [0.717, 1.165) is 67.9 Å². The minimum Gasteiger partial charge on any atom is -0.377 e. The molecule has 2 heterocycles. The van der Waals surface area contributed by atoms with Crippen LogP contribution in [0.5, 0.6) is 0 Å². The van der Waals surface area contributed by atoms with Crippen LogP contribution in [0.2, 0.25) is 5.02 Å². The number of fused-ring (bicyclic) bond motifs is 1. The van der Waals surface area contributed by atoms with E-state index < -0.39 is 0 Å². The Morgan fingerprint density at radius 1 is 1.34 bits per heavy atom. The Hall–Kier alpha value is -1.39. The molecule has 4 rings (SSSR count). The summed E-state index contributed by atoms with van der Waals surface area (Å²) >= 11 is 6.31. The highest BCUT2D eigenvalue weighted by atomic mass is 127. The van der Waals surface area contributed by atoms with Gasteiger partial charge in [-0.25, -0.2) is 9.67 Å². The molecule has 2 aromatic rings. The third-order valence-corrected chi connectivity index (χ3v) is 6.63. The predicted octanol–water partition coefficient (Wildman–Crippen LogP) is 4.08. The summed E-state index contributed by atoms with van der Waals surface area (Å²) in [6.07, 6.45) is 6.71. The molecule has 1 atom stereocenters. The number of nitrogens with zero attached hydrogens (tertiary/aromatic N) is 4. The van der Waals surface area contributed by atoms with Crippen molar-refractivity contribution in [3.8, 4) is 0 Å². The molecule has 7 nitrogen and oxygen atoms in total. The number of hydrogen-bond donors (Lipinski definition) is 2. The number of aromatic nitrogens is 3. The Balaban J connectivity index is 0.00000289. The van der Waals surface area contributed by atoms with Gasteiger partial charge in [0.05, 0.1) is 13.1 Å². The SMILES string of the molecule is CCNC(=NCC1(c2cccc(Cl)c2)CCCC1)NC1CCc2nc(COC)nn2C1.I. The van der Waals surface area contributed by atoms with Gasteiger partial charge < -0.3 is 15.4 Å². The normalized spacial score (nSPS) is 19.8. The lowest BCUT2D eigenvalue weighted by Gasteiger charge is -2.29. The number of halogens is 2. The fourth-order valence-corrected chi connectivity index (χ4v) is 5.01. The molecule has 0 spiro atoms. The van der Waals surface area contributed by atoms with Crippen molar-refractivity contribution in [3.63, 3.8) is 0 Å². The molecule has 0 radical (unpaired) electrons. The lowest BCUT2D eigenvalue weighted by Crippen LogP contribution is -2.47. The maximum atomic E-state index is 6.31. The number of rotatable bonds is 7. The maximum Gasteiger partial charge on any atom is 0.191 e. The van der Waals surface area contributed by atoms with Gasteiger partial charge in [0.25, 0.3) is 0 Å². The molecule has 176 valence electrons. The van der Waals surface area contributed by atoms with Crippen LogP contribution < -0.4 is 10.6 Å². The van der Waals surface area contributed by atoms with E-state index in [-0.39, 0.29) is 35.4 Å². The Bertz CT molecular complexity index is 912. The first-order valence-electron chi connectivity index (χ1n) is 11.3. The third-order valence-electron chi connectivity index (χ3n) is 6.40. The molecule has 9 heteroatoms. The van der Waals surface area contributed by atoms with Gasteiger partial charge in [0, 0.05) is 36.6 Å². The first-order chi connectivity index (χ1) is 15.1. The molecular formula is C23H34ClIN6O. The van der Waals surface area contributed by atoms with Gasteiger partial charge in [-0.05, 0) is 43.9 Å². The molecule has 1 aromatic carbocycles. The molecule has 1 unspecified atom stereocenters. The van der Waals surface area contributed by atoms with E-state index >= 15 is 0 Å². The molecule has 1 aromatic heterocycles. The zero-order valence-electron chi connectivity index (χ0n) is 18.9. The molecule has 2 aliphatic rings. The average Bonchev–Trinajstić information content (AvgIpc) is 3.40. The number of aryl methyl sites for hydroxylation is 1. The molecule has 1 aliphatic carbocycles. The minimum absolute atomic E-state index is 0. The molecule has 0 amide bonds. The lowest BCUT2D eigenvalue weighted by molar-refractivity contribution is 0.177. The summed E-state index contributed by atoms with van der Waals surface area (Å²) in [7, 11) is 1.67. The average molecular weight is 573 g/mol. The van der Waals surface area contributed by atoms with Crippen molar-refractivity contribution >= 4 is 41.5 Å². The topological polar surface area (TPSA) is 76.4 Å². The molecular weight excluding hydrogens is 539 g/mol. The third kappa shape index (κ3) is 5.94. The standard InChI is InChI=1S/C23H33ClN6O.HI/c1-3-25-22(27-19-9-10-21-28-20(15-31-2)29-30(21)14-19)26-16-23(11-4-5-12-23)17-7-6-8-18(24)13-17;/h6-8,13,19H,3-5,9-12,14-16H2,1-2H3,(H2,25,26,27);1H. The fraction of sp³-hybridized carbons (Fsp3) is 0.609. The highest BCUT2D eigenvalue weighted by molar-refractivity contribution is 14.0. The van der Waals surface area contributed by atoms with E-state index in [1.54, 1.807) is 7.11 Å².